The minimum atomic E-state index is -4.13. The van der Waals surface area contributed by atoms with Crippen LogP contribution in [0.4, 0.5) is 11.6 Å². The summed E-state index contributed by atoms with van der Waals surface area (Å²) in [6.45, 7) is 0.148. The van der Waals surface area contributed by atoms with Crippen LogP contribution in [0.25, 0.3) is 0 Å². The number of carbonyl (C=O) groups excluding carboxylic acids is 2. The number of hydroxylamine groups is 1. The quantitative estimate of drug-likeness (QED) is 0.210. The van der Waals surface area contributed by atoms with Gasteiger partial charge in [0.1, 0.15) is 5.69 Å². The van der Waals surface area contributed by atoms with Gasteiger partial charge < -0.3 is 16.2 Å². The topological polar surface area (TPSA) is 188 Å². The molecule has 0 unspecified atom stereocenters. The first-order chi connectivity index (χ1) is 14.7. The molecule has 1 aliphatic rings. The van der Waals surface area contributed by atoms with E-state index in [1.54, 1.807) is 0 Å². The van der Waals surface area contributed by atoms with Crippen molar-refractivity contribution in [1.82, 2.24) is 15.4 Å². The standard InChI is InChI=1S/C19H19N5O6S/c20-16-14(22-17(21)15(11-25)23-16)6-3-12-1-4-13(5-2-12)31(28,29)19(18(26)24-27)7-9-30-10-8-19/h1-2,4-5,11,27H,7-10H2,(H2,20,23)(H2,21,22)(H,24,26). The Morgan fingerprint density at radius 2 is 1.77 bits per heavy atom. The molecule has 3 rings (SSSR count). The van der Waals surface area contributed by atoms with Gasteiger partial charge in [-0.15, -0.1) is 0 Å². The fraction of sp³-hybridized carbons (Fsp3) is 0.263. The lowest BCUT2D eigenvalue weighted by molar-refractivity contribution is -0.134. The summed E-state index contributed by atoms with van der Waals surface area (Å²) in [5.41, 5.74) is 13.2. The second-order valence-corrected chi connectivity index (χ2v) is 8.93. The van der Waals surface area contributed by atoms with Crippen LogP contribution < -0.4 is 16.9 Å². The van der Waals surface area contributed by atoms with Crippen LogP contribution in [0.3, 0.4) is 0 Å². The number of nitrogens with two attached hydrogens (primary N) is 2. The van der Waals surface area contributed by atoms with E-state index in [-0.39, 0.29) is 54.0 Å². The number of rotatable bonds is 4. The van der Waals surface area contributed by atoms with Crippen LogP contribution in [0, 0.1) is 11.8 Å². The monoisotopic (exact) mass is 445 g/mol. The Morgan fingerprint density at radius 1 is 1.13 bits per heavy atom. The minimum Gasteiger partial charge on any atom is -0.382 e. The molecule has 0 saturated carbocycles. The predicted molar refractivity (Wildman–Crippen MR) is 109 cm³/mol. The highest BCUT2D eigenvalue weighted by molar-refractivity contribution is 7.93. The molecule has 2 aromatic rings. The number of aldehydes is 1. The zero-order valence-corrected chi connectivity index (χ0v) is 17.0. The second-order valence-electron chi connectivity index (χ2n) is 6.67. The van der Waals surface area contributed by atoms with Gasteiger partial charge in [-0.25, -0.2) is 23.9 Å². The summed E-state index contributed by atoms with van der Waals surface area (Å²) in [6, 6.07) is 5.55. The molecule has 0 radical (unpaired) electrons. The van der Waals surface area contributed by atoms with Crippen LogP contribution in [-0.4, -0.2) is 53.7 Å². The average molecular weight is 445 g/mol. The van der Waals surface area contributed by atoms with Gasteiger partial charge in [0.2, 0.25) is 0 Å². The zero-order chi connectivity index (χ0) is 22.6. The van der Waals surface area contributed by atoms with E-state index in [0.717, 1.165) is 0 Å². The van der Waals surface area contributed by atoms with E-state index < -0.39 is 20.5 Å². The number of sulfone groups is 1. The molecule has 12 heteroatoms. The van der Waals surface area contributed by atoms with Crippen LogP contribution >= 0.6 is 0 Å². The number of ether oxygens (including phenoxy) is 1. The van der Waals surface area contributed by atoms with Crippen molar-refractivity contribution in [1.29, 1.82) is 0 Å². The second kappa shape index (κ2) is 8.68. The van der Waals surface area contributed by atoms with E-state index in [1.165, 1.54) is 29.7 Å². The fourth-order valence-electron chi connectivity index (χ4n) is 3.15. The summed E-state index contributed by atoms with van der Waals surface area (Å²) in [5.74, 6) is 4.25. The Morgan fingerprint density at radius 3 is 2.35 bits per heavy atom. The van der Waals surface area contributed by atoms with Gasteiger partial charge in [0, 0.05) is 18.8 Å². The molecule has 0 atom stereocenters. The molecule has 1 aromatic heterocycles. The van der Waals surface area contributed by atoms with Gasteiger partial charge in [0.15, 0.2) is 38.2 Å². The molecule has 0 aliphatic carbocycles. The summed E-state index contributed by atoms with van der Waals surface area (Å²) in [7, 11) is -4.13. The highest BCUT2D eigenvalue weighted by Gasteiger charge is 2.52. The maximum Gasteiger partial charge on any atom is 0.265 e. The number of aromatic nitrogens is 2. The SMILES string of the molecule is Nc1nc(C=O)c(N)nc1C#Cc1ccc(S(=O)(=O)C2(C(=O)NO)CCOCC2)cc1. The molecule has 2 heterocycles. The number of nitrogens with zero attached hydrogens (tertiary/aromatic N) is 2. The van der Waals surface area contributed by atoms with Crippen LogP contribution in [0.15, 0.2) is 29.2 Å². The third-order valence-corrected chi connectivity index (χ3v) is 7.43. The highest BCUT2D eigenvalue weighted by atomic mass is 32.2. The van der Waals surface area contributed by atoms with E-state index in [0.29, 0.717) is 11.8 Å². The number of anilines is 2. The number of nitrogens with one attached hydrogen (secondary N) is 1. The van der Waals surface area contributed by atoms with Crippen molar-refractivity contribution in [2.75, 3.05) is 24.7 Å². The molecule has 0 bridgehead atoms. The van der Waals surface area contributed by atoms with Gasteiger partial charge >= 0.3 is 0 Å². The number of hydrogen-bond acceptors (Lipinski definition) is 10. The van der Waals surface area contributed by atoms with Crippen LogP contribution in [0.1, 0.15) is 34.6 Å². The van der Waals surface area contributed by atoms with E-state index in [1.807, 2.05) is 0 Å². The molecule has 31 heavy (non-hydrogen) atoms. The Bertz CT molecular complexity index is 1180. The Balaban J connectivity index is 1.92. The number of nitrogen functional groups attached to an aromatic ring is 2. The first-order valence-electron chi connectivity index (χ1n) is 9.02. The number of benzene rings is 1. The maximum absolute atomic E-state index is 13.2. The molecular weight excluding hydrogens is 426 g/mol. The highest BCUT2D eigenvalue weighted by Crippen LogP contribution is 2.35. The summed E-state index contributed by atoms with van der Waals surface area (Å²) in [6.07, 6.45) is 0.260. The number of carbonyl (C=O) groups is 2. The Hall–Kier alpha value is -3.53. The van der Waals surface area contributed by atoms with Crippen molar-refractivity contribution in [3.8, 4) is 11.8 Å². The van der Waals surface area contributed by atoms with Gasteiger partial charge in [-0.05, 0) is 43.0 Å². The Kier molecular flexibility index (Phi) is 6.21. The molecule has 1 aliphatic heterocycles. The minimum absolute atomic E-state index is 0.0699. The van der Waals surface area contributed by atoms with Crippen LogP contribution in [-0.2, 0) is 19.4 Å². The predicted octanol–water partition coefficient (Wildman–Crippen LogP) is -0.318. The smallest absolute Gasteiger partial charge is 0.265 e. The van der Waals surface area contributed by atoms with Crippen molar-refractivity contribution in [3.05, 3.63) is 41.2 Å². The molecule has 1 saturated heterocycles. The lowest BCUT2D eigenvalue weighted by atomic mass is 9.98. The van der Waals surface area contributed by atoms with Crippen molar-refractivity contribution >= 4 is 33.7 Å². The number of hydrogen-bond donors (Lipinski definition) is 4. The van der Waals surface area contributed by atoms with Crippen molar-refractivity contribution in [3.63, 3.8) is 0 Å². The van der Waals surface area contributed by atoms with Crippen molar-refractivity contribution < 1.29 is 28.0 Å². The summed E-state index contributed by atoms with van der Waals surface area (Å²) in [5, 5.41) is 9.09. The summed E-state index contributed by atoms with van der Waals surface area (Å²) in [4.78, 5) is 30.7. The molecule has 1 fully saturated rings. The zero-order valence-electron chi connectivity index (χ0n) is 16.2. The van der Waals surface area contributed by atoms with Gasteiger partial charge in [0.05, 0.1) is 4.90 Å². The molecule has 162 valence electrons. The van der Waals surface area contributed by atoms with Crippen molar-refractivity contribution in [2.24, 2.45) is 0 Å². The third-order valence-electron chi connectivity index (χ3n) is 4.91. The van der Waals surface area contributed by atoms with Gasteiger partial charge in [-0.2, -0.15) is 0 Å². The first kappa shape index (κ1) is 22.2. The Labute approximate surface area is 177 Å². The molecule has 6 N–H and O–H groups in total. The van der Waals surface area contributed by atoms with E-state index in [2.05, 4.69) is 21.8 Å². The third kappa shape index (κ3) is 4.06. The van der Waals surface area contributed by atoms with Crippen molar-refractivity contribution in [2.45, 2.75) is 22.5 Å². The molecule has 0 spiro atoms. The van der Waals surface area contributed by atoms with Gasteiger partial charge in [-0.1, -0.05) is 5.92 Å². The molecule has 1 amide bonds. The van der Waals surface area contributed by atoms with Crippen LogP contribution in [0.2, 0.25) is 0 Å². The summed E-state index contributed by atoms with van der Waals surface area (Å²) >= 11 is 0. The summed E-state index contributed by atoms with van der Waals surface area (Å²) < 4.78 is 29.8. The van der Waals surface area contributed by atoms with E-state index >= 15 is 0 Å². The largest absolute Gasteiger partial charge is 0.382 e. The molecule has 11 nitrogen and oxygen atoms in total. The van der Waals surface area contributed by atoms with Gasteiger partial charge in [-0.3, -0.25) is 14.8 Å². The van der Waals surface area contributed by atoms with Crippen LogP contribution in [0.5, 0.6) is 0 Å². The lowest BCUT2D eigenvalue weighted by Gasteiger charge is -2.34. The van der Waals surface area contributed by atoms with E-state index in [9.17, 15) is 18.0 Å². The average Bonchev–Trinajstić information content (AvgIpc) is 2.79. The van der Waals surface area contributed by atoms with E-state index in [4.69, 9.17) is 21.4 Å². The lowest BCUT2D eigenvalue weighted by Crippen LogP contribution is -2.54. The first-order valence-corrected chi connectivity index (χ1v) is 10.5. The fourth-order valence-corrected chi connectivity index (χ4v) is 5.09. The maximum atomic E-state index is 13.2. The molecule has 1 aromatic carbocycles. The molecular formula is C19H19N5O6S. The number of amides is 1. The normalized spacial score (nSPS) is 15.4. The van der Waals surface area contributed by atoms with Gasteiger partial charge in [0.25, 0.3) is 5.91 Å².